The molecule has 0 amide bonds. The van der Waals surface area contributed by atoms with E-state index in [2.05, 4.69) is 52.3 Å². The van der Waals surface area contributed by atoms with Gasteiger partial charge < -0.3 is 10.2 Å². The first-order valence-corrected chi connectivity index (χ1v) is 8.50. The monoisotopic (exact) mass is 276 g/mol. The molecule has 3 heteroatoms. The van der Waals surface area contributed by atoms with Crippen molar-refractivity contribution in [1.29, 1.82) is 0 Å². The second kappa shape index (κ2) is 6.29. The van der Waals surface area contributed by atoms with Gasteiger partial charge in [0.2, 0.25) is 0 Å². The number of likely N-dealkylation sites (tertiary alicyclic amines) is 1. The molecule has 0 bridgehead atoms. The summed E-state index contributed by atoms with van der Waals surface area (Å²) in [6, 6.07) is 10.9. The van der Waals surface area contributed by atoms with Crippen molar-refractivity contribution >= 4 is 11.8 Å². The van der Waals surface area contributed by atoms with Crippen molar-refractivity contribution in [3.8, 4) is 0 Å². The molecule has 2 aliphatic heterocycles. The van der Waals surface area contributed by atoms with Crippen LogP contribution in [0.5, 0.6) is 0 Å². The van der Waals surface area contributed by atoms with Crippen LogP contribution < -0.4 is 5.32 Å². The van der Waals surface area contributed by atoms with E-state index >= 15 is 0 Å². The summed E-state index contributed by atoms with van der Waals surface area (Å²) in [5, 5.41) is 3.77. The molecule has 104 valence electrons. The van der Waals surface area contributed by atoms with Gasteiger partial charge in [-0.1, -0.05) is 30.3 Å². The van der Waals surface area contributed by atoms with E-state index in [0.717, 1.165) is 0 Å². The Labute approximate surface area is 121 Å². The molecule has 19 heavy (non-hydrogen) atoms. The highest BCUT2D eigenvalue weighted by Crippen LogP contribution is 2.36. The van der Waals surface area contributed by atoms with Crippen LogP contribution in [0.25, 0.3) is 0 Å². The minimum absolute atomic E-state index is 0.418. The Morgan fingerprint density at radius 2 is 1.95 bits per heavy atom. The first-order chi connectivity index (χ1) is 9.36. The first-order valence-electron chi connectivity index (χ1n) is 7.52. The lowest BCUT2D eigenvalue weighted by Crippen LogP contribution is -2.53. The zero-order chi connectivity index (χ0) is 13.0. The summed E-state index contributed by atoms with van der Waals surface area (Å²) in [5.41, 5.74) is 1.47. The lowest BCUT2D eigenvalue weighted by atomic mass is 10.0. The fourth-order valence-electron chi connectivity index (χ4n) is 3.10. The van der Waals surface area contributed by atoms with Crippen LogP contribution in [0, 0.1) is 0 Å². The van der Waals surface area contributed by atoms with E-state index in [1.807, 2.05) is 0 Å². The maximum absolute atomic E-state index is 3.77. The molecular weight excluding hydrogens is 252 g/mol. The average molecular weight is 276 g/mol. The van der Waals surface area contributed by atoms with E-state index < -0.39 is 0 Å². The SMILES string of the molecule is c1ccc(CCN2CCC3(CC2)NCCCS3)cc1. The normalized spacial score (nSPS) is 23.6. The van der Waals surface area contributed by atoms with Crippen molar-refractivity contribution in [2.75, 3.05) is 31.9 Å². The van der Waals surface area contributed by atoms with Crippen molar-refractivity contribution in [2.45, 2.75) is 30.6 Å². The maximum Gasteiger partial charge on any atom is 0.0669 e. The molecule has 0 aromatic heterocycles. The van der Waals surface area contributed by atoms with Crippen LogP contribution in [0.15, 0.2) is 30.3 Å². The van der Waals surface area contributed by atoms with Crippen LogP contribution in [0.2, 0.25) is 0 Å². The molecule has 1 aromatic rings. The van der Waals surface area contributed by atoms with Gasteiger partial charge in [0.05, 0.1) is 4.87 Å². The van der Waals surface area contributed by atoms with Crippen molar-refractivity contribution in [2.24, 2.45) is 0 Å². The molecule has 1 spiro atoms. The van der Waals surface area contributed by atoms with Gasteiger partial charge in [0, 0.05) is 19.6 Å². The van der Waals surface area contributed by atoms with Gasteiger partial charge in [-0.25, -0.2) is 0 Å². The van der Waals surface area contributed by atoms with Crippen molar-refractivity contribution in [3.63, 3.8) is 0 Å². The molecule has 1 aromatic carbocycles. The van der Waals surface area contributed by atoms with Gasteiger partial charge in [-0.3, -0.25) is 0 Å². The van der Waals surface area contributed by atoms with E-state index in [-0.39, 0.29) is 0 Å². The number of nitrogens with zero attached hydrogens (tertiary/aromatic N) is 1. The van der Waals surface area contributed by atoms with E-state index in [4.69, 9.17) is 0 Å². The topological polar surface area (TPSA) is 15.3 Å². The molecular formula is C16H24N2S. The van der Waals surface area contributed by atoms with Crippen LogP contribution in [0.4, 0.5) is 0 Å². The fraction of sp³-hybridized carbons (Fsp3) is 0.625. The predicted octanol–water partition coefficient (Wildman–Crippen LogP) is 2.75. The van der Waals surface area contributed by atoms with Gasteiger partial charge >= 0.3 is 0 Å². The summed E-state index contributed by atoms with van der Waals surface area (Å²) in [4.78, 5) is 3.05. The van der Waals surface area contributed by atoms with Crippen molar-refractivity contribution < 1.29 is 0 Å². The molecule has 2 heterocycles. The minimum atomic E-state index is 0.418. The molecule has 0 atom stereocenters. The Balaban J connectivity index is 1.45. The zero-order valence-electron chi connectivity index (χ0n) is 11.6. The van der Waals surface area contributed by atoms with Gasteiger partial charge in [-0.2, -0.15) is 0 Å². The molecule has 0 saturated carbocycles. The van der Waals surface area contributed by atoms with Crippen LogP contribution in [-0.4, -0.2) is 41.7 Å². The minimum Gasteiger partial charge on any atom is -0.303 e. The number of rotatable bonds is 3. The van der Waals surface area contributed by atoms with E-state index in [0.29, 0.717) is 4.87 Å². The summed E-state index contributed by atoms with van der Waals surface area (Å²) in [6.45, 7) is 4.95. The smallest absolute Gasteiger partial charge is 0.0669 e. The molecule has 3 rings (SSSR count). The highest BCUT2D eigenvalue weighted by molar-refractivity contribution is 8.00. The van der Waals surface area contributed by atoms with Gasteiger partial charge in [-0.05, 0) is 43.5 Å². The third kappa shape index (κ3) is 3.53. The Hall–Kier alpha value is -0.510. The summed E-state index contributed by atoms with van der Waals surface area (Å²) in [6.07, 6.45) is 5.15. The average Bonchev–Trinajstić information content (AvgIpc) is 2.49. The third-order valence-electron chi connectivity index (χ3n) is 4.37. The van der Waals surface area contributed by atoms with E-state index in [9.17, 15) is 0 Å². The quantitative estimate of drug-likeness (QED) is 0.914. The van der Waals surface area contributed by atoms with Gasteiger partial charge in [-0.15, -0.1) is 11.8 Å². The summed E-state index contributed by atoms with van der Waals surface area (Å²) in [7, 11) is 0. The Bertz CT molecular complexity index is 377. The number of piperidine rings is 1. The number of hydrogen-bond acceptors (Lipinski definition) is 3. The number of nitrogens with one attached hydrogen (secondary N) is 1. The van der Waals surface area contributed by atoms with Crippen molar-refractivity contribution in [1.82, 2.24) is 10.2 Å². The highest BCUT2D eigenvalue weighted by Gasteiger charge is 2.35. The van der Waals surface area contributed by atoms with Crippen molar-refractivity contribution in [3.05, 3.63) is 35.9 Å². The molecule has 0 unspecified atom stereocenters. The largest absolute Gasteiger partial charge is 0.303 e. The third-order valence-corrected chi connectivity index (χ3v) is 5.97. The summed E-state index contributed by atoms with van der Waals surface area (Å²) >= 11 is 2.17. The lowest BCUT2D eigenvalue weighted by molar-refractivity contribution is 0.183. The summed E-state index contributed by atoms with van der Waals surface area (Å²) < 4.78 is 0. The number of benzene rings is 1. The molecule has 0 radical (unpaired) electrons. The van der Waals surface area contributed by atoms with E-state index in [1.54, 1.807) is 0 Å². The van der Waals surface area contributed by atoms with Gasteiger partial charge in [0.15, 0.2) is 0 Å². The highest BCUT2D eigenvalue weighted by atomic mass is 32.2. The molecule has 2 aliphatic rings. The van der Waals surface area contributed by atoms with Crippen LogP contribution in [0.3, 0.4) is 0 Å². The van der Waals surface area contributed by atoms with E-state index in [1.165, 1.54) is 63.2 Å². The molecule has 1 N–H and O–H groups in total. The molecule has 2 saturated heterocycles. The van der Waals surface area contributed by atoms with Crippen LogP contribution >= 0.6 is 11.8 Å². The van der Waals surface area contributed by atoms with Crippen LogP contribution in [-0.2, 0) is 6.42 Å². The fourth-order valence-corrected chi connectivity index (χ4v) is 4.45. The zero-order valence-corrected chi connectivity index (χ0v) is 12.4. The number of hydrogen-bond donors (Lipinski definition) is 1. The maximum atomic E-state index is 3.77. The molecule has 2 nitrogen and oxygen atoms in total. The second-order valence-corrected chi connectivity index (χ2v) is 7.18. The molecule has 0 aliphatic carbocycles. The Morgan fingerprint density at radius 3 is 2.63 bits per heavy atom. The van der Waals surface area contributed by atoms with Gasteiger partial charge in [0.1, 0.15) is 0 Å². The second-order valence-electron chi connectivity index (χ2n) is 5.70. The van der Waals surface area contributed by atoms with Gasteiger partial charge in [0.25, 0.3) is 0 Å². The Morgan fingerprint density at radius 1 is 1.16 bits per heavy atom. The summed E-state index contributed by atoms with van der Waals surface area (Å²) in [5.74, 6) is 1.34. The van der Waals surface area contributed by atoms with Crippen LogP contribution in [0.1, 0.15) is 24.8 Å². The first kappa shape index (κ1) is 13.5. The molecule has 2 fully saturated rings. The standard InChI is InChI=1S/C16H24N2S/c1-2-5-15(6-3-1)7-11-18-12-8-16(9-13-18)17-10-4-14-19-16/h1-3,5-6,17H,4,7-14H2. The Kier molecular flexibility index (Phi) is 4.46. The number of thioether (sulfide) groups is 1. The predicted molar refractivity (Wildman–Crippen MR) is 83.6 cm³/mol. The lowest BCUT2D eigenvalue weighted by Gasteiger charge is -2.44.